The topological polar surface area (TPSA) is 42.4 Å². The molecule has 2 N–H and O–H groups in total. The molecule has 0 radical (unpaired) electrons. The highest BCUT2D eigenvalue weighted by molar-refractivity contribution is 9.10. The fourth-order valence-corrected chi connectivity index (χ4v) is 2.38. The van der Waals surface area contributed by atoms with Gasteiger partial charge in [0.05, 0.1) is 12.8 Å². The van der Waals surface area contributed by atoms with E-state index in [2.05, 4.69) is 27.8 Å². The Hall–Kier alpha value is -1.26. The molecule has 0 fully saturated rings. The quantitative estimate of drug-likeness (QED) is 0.857. The molecule has 96 valence electrons. The van der Waals surface area contributed by atoms with Crippen molar-refractivity contribution < 1.29 is 4.42 Å². The van der Waals surface area contributed by atoms with E-state index in [1.807, 2.05) is 30.3 Å². The molecule has 1 aromatic heterocycles. The number of hydrogen-bond acceptors (Lipinski definition) is 3. The van der Waals surface area contributed by atoms with E-state index in [0.29, 0.717) is 0 Å². The summed E-state index contributed by atoms with van der Waals surface area (Å²) in [6, 6.07) is 9.81. The third-order valence-electron chi connectivity index (χ3n) is 2.94. The van der Waals surface area contributed by atoms with Gasteiger partial charge >= 0.3 is 0 Å². The average Bonchev–Trinajstić information content (AvgIpc) is 2.85. The van der Waals surface area contributed by atoms with E-state index in [0.717, 1.165) is 41.1 Å². The Morgan fingerprint density at radius 3 is 2.67 bits per heavy atom. The number of benzene rings is 1. The first-order valence-electron chi connectivity index (χ1n) is 5.98. The van der Waals surface area contributed by atoms with E-state index in [4.69, 9.17) is 10.2 Å². The molecule has 1 heterocycles. The monoisotopic (exact) mass is 308 g/mol. The molecule has 0 atom stereocenters. The van der Waals surface area contributed by atoms with Crippen LogP contribution in [-0.4, -0.2) is 11.4 Å². The fourth-order valence-electron chi connectivity index (χ4n) is 1.87. The summed E-state index contributed by atoms with van der Waals surface area (Å²) in [7, 11) is 0. The second-order valence-corrected chi connectivity index (χ2v) is 5.04. The standard InChI is InChI=1S/C14H17BrN2O/c1-2-17(9-11-5-4-8-18-11)10-12-13(15)6-3-7-14(12)16/h3-8H,2,9-10,16H2,1H3. The number of nitrogens with zero attached hydrogens (tertiary/aromatic N) is 1. The van der Waals surface area contributed by atoms with E-state index in [-0.39, 0.29) is 0 Å². The van der Waals surface area contributed by atoms with Crippen molar-refractivity contribution in [2.45, 2.75) is 20.0 Å². The minimum absolute atomic E-state index is 0.796. The third-order valence-corrected chi connectivity index (χ3v) is 3.69. The van der Waals surface area contributed by atoms with Crippen molar-refractivity contribution in [3.63, 3.8) is 0 Å². The van der Waals surface area contributed by atoms with Gasteiger partial charge in [-0.1, -0.05) is 28.9 Å². The summed E-state index contributed by atoms with van der Waals surface area (Å²) in [5, 5.41) is 0. The Morgan fingerprint density at radius 2 is 2.06 bits per heavy atom. The number of nitrogens with two attached hydrogens (primary N) is 1. The average molecular weight is 309 g/mol. The first kappa shape index (κ1) is 13.2. The molecule has 0 amide bonds. The van der Waals surface area contributed by atoms with Crippen molar-refractivity contribution in [1.29, 1.82) is 0 Å². The van der Waals surface area contributed by atoms with Crippen LogP contribution in [0.4, 0.5) is 5.69 Å². The van der Waals surface area contributed by atoms with Crippen LogP contribution in [0.2, 0.25) is 0 Å². The van der Waals surface area contributed by atoms with Gasteiger partial charge in [-0.05, 0) is 30.8 Å². The van der Waals surface area contributed by atoms with Crippen molar-refractivity contribution in [1.82, 2.24) is 4.90 Å². The number of nitrogen functional groups attached to an aromatic ring is 1. The van der Waals surface area contributed by atoms with Crippen LogP contribution in [0.15, 0.2) is 45.5 Å². The molecular formula is C14H17BrN2O. The van der Waals surface area contributed by atoms with E-state index in [1.165, 1.54) is 0 Å². The summed E-state index contributed by atoms with van der Waals surface area (Å²) < 4.78 is 6.44. The largest absolute Gasteiger partial charge is 0.468 e. The normalized spacial score (nSPS) is 11.1. The van der Waals surface area contributed by atoms with Gasteiger partial charge in [0.2, 0.25) is 0 Å². The number of furan rings is 1. The maximum atomic E-state index is 6.02. The van der Waals surface area contributed by atoms with Gasteiger partial charge in [0.25, 0.3) is 0 Å². The lowest BCUT2D eigenvalue weighted by Crippen LogP contribution is -2.22. The Bertz CT molecular complexity index is 476. The van der Waals surface area contributed by atoms with E-state index >= 15 is 0 Å². The number of anilines is 1. The van der Waals surface area contributed by atoms with Gasteiger partial charge in [0, 0.05) is 22.3 Å². The second kappa shape index (κ2) is 6.07. The molecule has 0 spiro atoms. The minimum atomic E-state index is 0.796. The molecule has 18 heavy (non-hydrogen) atoms. The van der Waals surface area contributed by atoms with Gasteiger partial charge in [0.15, 0.2) is 0 Å². The molecule has 2 aromatic rings. The van der Waals surface area contributed by atoms with Gasteiger partial charge in [-0.15, -0.1) is 0 Å². The van der Waals surface area contributed by atoms with Gasteiger partial charge in [-0.3, -0.25) is 4.90 Å². The summed E-state index contributed by atoms with van der Waals surface area (Å²) in [4.78, 5) is 2.29. The zero-order chi connectivity index (χ0) is 13.0. The Kier molecular flexibility index (Phi) is 4.44. The molecule has 0 bridgehead atoms. The highest BCUT2D eigenvalue weighted by atomic mass is 79.9. The van der Waals surface area contributed by atoms with Crippen LogP contribution in [0.5, 0.6) is 0 Å². The highest BCUT2D eigenvalue weighted by Crippen LogP contribution is 2.24. The predicted molar refractivity (Wildman–Crippen MR) is 77.1 cm³/mol. The number of halogens is 1. The molecule has 0 aliphatic heterocycles. The van der Waals surface area contributed by atoms with Crippen LogP contribution in [-0.2, 0) is 13.1 Å². The van der Waals surface area contributed by atoms with Crippen LogP contribution in [0.1, 0.15) is 18.2 Å². The third kappa shape index (κ3) is 3.15. The Morgan fingerprint density at radius 1 is 1.22 bits per heavy atom. The molecule has 4 heteroatoms. The van der Waals surface area contributed by atoms with Crippen LogP contribution in [0.3, 0.4) is 0 Å². The minimum Gasteiger partial charge on any atom is -0.468 e. The molecular weight excluding hydrogens is 292 g/mol. The Balaban J connectivity index is 2.10. The molecule has 0 saturated heterocycles. The van der Waals surface area contributed by atoms with Gasteiger partial charge in [-0.25, -0.2) is 0 Å². The van der Waals surface area contributed by atoms with E-state index in [1.54, 1.807) is 6.26 Å². The zero-order valence-corrected chi connectivity index (χ0v) is 12.0. The van der Waals surface area contributed by atoms with Crippen molar-refractivity contribution in [3.8, 4) is 0 Å². The fraction of sp³-hybridized carbons (Fsp3) is 0.286. The number of hydrogen-bond donors (Lipinski definition) is 1. The van der Waals surface area contributed by atoms with Crippen molar-refractivity contribution >= 4 is 21.6 Å². The van der Waals surface area contributed by atoms with Crippen LogP contribution in [0, 0.1) is 0 Å². The molecule has 0 aliphatic carbocycles. The molecule has 0 unspecified atom stereocenters. The van der Waals surface area contributed by atoms with Crippen LogP contribution in [0.25, 0.3) is 0 Å². The van der Waals surface area contributed by atoms with Gasteiger partial charge < -0.3 is 10.2 Å². The molecule has 3 nitrogen and oxygen atoms in total. The molecule has 0 aliphatic rings. The Labute approximate surface area is 116 Å². The van der Waals surface area contributed by atoms with Crippen molar-refractivity contribution in [3.05, 3.63) is 52.4 Å². The maximum absolute atomic E-state index is 6.02. The molecule has 2 rings (SSSR count). The summed E-state index contributed by atoms with van der Waals surface area (Å²) >= 11 is 3.55. The highest BCUT2D eigenvalue weighted by Gasteiger charge is 2.11. The zero-order valence-electron chi connectivity index (χ0n) is 10.4. The lowest BCUT2D eigenvalue weighted by molar-refractivity contribution is 0.248. The molecule has 0 saturated carbocycles. The van der Waals surface area contributed by atoms with Crippen LogP contribution < -0.4 is 5.73 Å². The maximum Gasteiger partial charge on any atom is 0.117 e. The summed E-state index contributed by atoms with van der Waals surface area (Å²) in [5.74, 6) is 0.975. The van der Waals surface area contributed by atoms with Gasteiger partial charge in [-0.2, -0.15) is 0 Å². The van der Waals surface area contributed by atoms with Crippen LogP contribution >= 0.6 is 15.9 Å². The second-order valence-electron chi connectivity index (χ2n) is 4.19. The summed E-state index contributed by atoms with van der Waals surface area (Å²) in [5.41, 5.74) is 7.97. The van der Waals surface area contributed by atoms with Crippen molar-refractivity contribution in [2.24, 2.45) is 0 Å². The summed E-state index contributed by atoms with van der Waals surface area (Å²) in [6.07, 6.45) is 1.70. The van der Waals surface area contributed by atoms with Crippen molar-refractivity contribution in [2.75, 3.05) is 12.3 Å². The van der Waals surface area contributed by atoms with Gasteiger partial charge in [0.1, 0.15) is 5.76 Å². The van der Waals surface area contributed by atoms with E-state index < -0.39 is 0 Å². The lowest BCUT2D eigenvalue weighted by Gasteiger charge is -2.21. The number of rotatable bonds is 5. The summed E-state index contributed by atoms with van der Waals surface area (Å²) in [6.45, 7) is 4.69. The van der Waals surface area contributed by atoms with E-state index in [9.17, 15) is 0 Å². The smallest absolute Gasteiger partial charge is 0.117 e. The SMILES string of the molecule is CCN(Cc1ccco1)Cc1c(N)cccc1Br. The first-order valence-corrected chi connectivity index (χ1v) is 6.77. The molecule has 1 aromatic carbocycles. The lowest BCUT2D eigenvalue weighted by atomic mass is 10.1. The predicted octanol–water partition coefficient (Wildman–Crippen LogP) is 3.65. The first-order chi connectivity index (χ1) is 8.70.